The number of ether oxygens (including phenoxy) is 1. The quantitative estimate of drug-likeness (QED) is 0.0930. The maximum atomic E-state index is 11.4. The summed E-state index contributed by atoms with van der Waals surface area (Å²) in [5.74, 6) is -0.0311. The van der Waals surface area contributed by atoms with Crippen molar-refractivity contribution >= 4 is 21.9 Å². The molecule has 0 spiro atoms. The Kier molecular flexibility index (Phi) is 21.5. The van der Waals surface area contributed by atoms with E-state index in [1.54, 1.807) is 0 Å². The largest absolute Gasteiger partial charge is 0.466 e. The van der Waals surface area contributed by atoms with Gasteiger partial charge in [0.15, 0.2) is 0 Å². The second kappa shape index (κ2) is 21.7. The summed E-state index contributed by atoms with van der Waals surface area (Å²) in [5.41, 5.74) is 0. The van der Waals surface area contributed by atoms with Gasteiger partial charge in [-0.2, -0.15) is 0 Å². The summed E-state index contributed by atoms with van der Waals surface area (Å²) >= 11 is 3.33. The topological polar surface area (TPSA) is 26.3 Å². The average Bonchev–Trinajstić information content (AvgIpc) is 2.61. The van der Waals surface area contributed by atoms with E-state index in [4.69, 9.17) is 4.74 Å². The molecule has 0 aliphatic heterocycles. The zero-order chi connectivity index (χ0) is 18.4. The monoisotopic (exact) mass is 416 g/mol. The normalized spacial score (nSPS) is 11.3. The molecule has 0 aromatic carbocycles. The summed E-state index contributed by atoms with van der Waals surface area (Å²) in [4.78, 5) is 11.4. The number of hydrogen-bond donors (Lipinski definition) is 0. The van der Waals surface area contributed by atoms with Gasteiger partial charge in [-0.25, -0.2) is 0 Å². The first-order chi connectivity index (χ1) is 12.3. The summed E-state index contributed by atoms with van der Waals surface area (Å²) in [6.07, 6.45) is 24.3. The summed E-state index contributed by atoms with van der Waals surface area (Å²) in [5, 5.41) is 0.897. The highest BCUT2D eigenvalue weighted by Crippen LogP contribution is 2.11. The highest BCUT2D eigenvalue weighted by molar-refractivity contribution is 9.09. The molecule has 0 amide bonds. The molecule has 148 valence electrons. The second-order valence-corrected chi connectivity index (χ2v) is 7.74. The third kappa shape index (κ3) is 21.6. The van der Waals surface area contributed by atoms with Crippen LogP contribution in [0.25, 0.3) is 0 Å². The van der Waals surface area contributed by atoms with Crippen LogP contribution in [0, 0.1) is 0 Å². The van der Waals surface area contributed by atoms with Crippen LogP contribution in [0.5, 0.6) is 0 Å². The van der Waals surface area contributed by atoms with E-state index in [1.165, 1.54) is 77.0 Å². The molecular weight excluding hydrogens is 376 g/mol. The Bertz CT molecular complexity index is 302. The van der Waals surface area contributed by atoms with Gasteiger partial charge in [0.1, 0.15) is 0 Å². The maximum absolute atomic E-state index is 11.4. The molecule has 0 rings (SSSR count). The lowest BCUT2D eigenvalue weighted by atomic mass is 10.1. The molecular formula is C22H41BrO2. The van der Waals surface area contributed by atoms with Crippen LogP contribution in [0.3, 0.4) is 0 Å². The van der Waals surface area contributed by atoms with E-state index < -0.39 is 0 Å². The first-order valence-electron chi connectivity index (χ1n) is 10.7. The van der Waals surface area contributed by atoms with Gasteiger partial charge in [0.25, 0.3) is 0 Å². The molecule has 0 radical (unpaired) electrons. The van der Waals surface area contributed by atoms with Gasteiger partial charge < -0.3 is 4.74 Å². The SMILES string of the molecule is CCCCCCCC/C=C\CCCCCCCCC(=O)OCCCBr. The molecule has 3 heteroatoms. The van der Waals surface area contributed by atoms with Gasteiger partial charge in [0.05, 0.1) is 6.61 Å². The smallest absolute Gasteiger partial charge is 0.305 e. The fraction of sp³-hybridized carbons (Fsp3) is 0.864. The van der Waals surface area contributed by atoms with E-state index >= 15 is 0 Å². The van der Waals surface area contributed by atoms with Crippen LogP contribution in [0.1, 0.15) is 110 Å². The molecule has 0 bridgehead atoms. The van der Waals surface area contributed by atoms with Gasteiger partial charge in [-0.3, -0.25) is 4.79 Å². The molecule has 0 saturated carbocycles. The van der Waals surface area contributed by atoms with Crippen molar-refractivity contribution in [2.24, 2.45) is 0 Å². The zero-order valence-corrected chi connectivity index (χ0v) is 18.2. The van der Waals surface area contributed by atoms with Crippen molar-refractivity contribution in [3.05, 3.63) is 12.2 Å². The van der Waals surface area contributed by atoms with Gasteiger partial charge in [-0.1, -0.05) is 92.8 Å². The highest BCUT2D eigenvalue weighted by atomic mass is 79.9. The number of allylic oxidation sites excluding steroid dienone is 2. The minimum absolute atomic E-state index is 0.0311. The van der Waals surface area contributed by atoms with Crippen molar-refractivity contribution in [1.29, 1.82) is 0 Å². The van der Waals surface area contributed by atoms with Crippen molar-refractivity contribution in [2.75, 3.05) is 11.9 Å². The lowest BCUT2D eigenvalue weighted by Crippen LogP contribution is -2.05. The number of esters is 1. The summed E-state index contributed by atoms with van der Waals surface area (Å²) in [6, 6.07) is 0. The van der Waals surface area contributed by atoms with Crippen LogP contribution in [0.15, 0.2) is 12.2 Å². The minimum atomic E-state index is -0.0311. The zero-order valence-electron chi connectivity index (χ0n) is 16.6. The van der Waals surface area contributed by atoms with Crippen molar-refractivity contribution in [3.63, 3.8) is 0 Å². The Morgan fingerprint density at radius 3 is 1.84 bits per heavy atom. The maximum Gasteiger partial charge on any atom is 0.305 e. The van der Waals surface area contributed by atoms with Crippen molar-refractivity contribution in [2.45, 2.75) is 110 Å². The molecule has 0 atom stereocenters. The fourth-order valence-corrected chi connectivity index (χ4v) is 3.06. The van der Waals surface area contributed by atoms with Gasteiger partial charge in [0, 0.05) is 11.8 Å². The van der Waals surface area contributed by atoms with Crippen LogP contribution in [-0.4, -0.2) is 17.9 Å². The molecule has 0 unspecified atom stereocenters. The van der Waals surface area contributed by atoms with Gasteiger partial charge in [-0.05, 0) is 38.5 Å². The van der Waals surface area contributed by atoms with E-state index in [0.717, 1.165) is 24.6 Å². The molecule has 0 heterocycles. The first-order valence-corrected chi connectivity index (χ1v) is 11.8. The Morgan fingerprint density at radius 2 is 1.28 bits per heavy atom. The molecule has 0 aliphatic carbocycles. The minimum Gasteiger partial charge on any atom is -0.466 e. The van der Waals surface area contributed by atoms with Gasteiger partial charge in [-0.15, -0.1) is 0 Å². The van der Waals surface area contributed by atoms with Crippen LogP contribution >= 0.6 is 15.9 Å². The Balaban J connectivity index is 3.15. The van der Waals surface area contributed by atoms with Crippen LogP contribution < -0.4 is 0 Å². The number of unbranched alkanes of at least 4 members (excludes halogenated alkanes) is 12. The number of alkyl halides is 1. The van der Waals surface area contributed by atoms with Crippen LogP contribution in [0.2, 0.25) is 0 Å². The standard InChI is InChI=1S/C22H41BrO2/c1-2-3-4-5-6-7-8-9-10-11-12-13-14-15-16-17-19-22(24)25-21-18-20-23/h9-10H,2-8,11-21H2,1H3/b10-9-. The number of hydrogen-bond acceptors (Lipinski definition) is 2. The molecule has 25 heavy (non-hydrogen) atoms. The second-order valence-electron chi connectivity index (χ2n) is 6.95. The average molecular weight is 417 g/mol. The van der Waals surface area contributed by atoms with Crippen molar-refractivity contribution < 1.29 is 9.53 Å². The summed E-state index contributed by atoms with van der Waals surface area (Å²) in [6.45, 7) is 2.82. The number of carbonyl (C=O) groups is 1. The number of rotatable bonds is 19. The Hall–Kier alpha value is -0.310. The number of carbonyl (C=O) groups excluding carboxylic acids is 1. The predicted molar refractivity (Wildman–Crippen MR) is 113 cm³/mol. The molecule has 0 aromatic rings. The molecule has 0 saturated heterocycles. The molecule has 0 N–H and O–H groups in total. The lowest BCUT2D eigenvalue weighted by Gasteiger charge is -2.03. The van der Waals surface area contributed by atoms with Crippen molar-refractivity contribution in [3.8, 4) is 0 Å². The molecule has 0 aromatic heterocycles. The first kappa shape index (κ1) is 24.7. The Labute approximate surface area is 165 Å². The number of halogens is 1. The summed E-state index contributed by atoms with van der Waals surface area (Å²) < 4.78 is 5.13. The van der Waals surface area contributed by atoms with Crippen molar-refractivity contribution in [1.82, 2.24) is 0 Å². The molecule has 0 aliphatic rings. The van der Waals surface area contributed by atoms with Crippen LogP contribution in [-0.2, 0) is 9.53 Å². The molecule has 2 nitrogen and oxygen atoms in total. The van der Waals surface area contributed by atoms with Gasteiger partial charge >= 0.3 is 5.97 Å². The lowest BCUT2D eigenvalue weighted by molar-refractivity contribution is -0.143. The van der Waals surface area contributed by atoms with E-state index in [2.05, 4.69) is 35.0 Å². The van der Waals surface area contributed by atoms with E-state index in [9.17, 15) is 4.79 Å². The highest BCUT2D eigenvalue weighted by Gasteiger charge is 2.01. The van der Waals surface area contributed by atoms with Crippen LogP contribution in [0.4, 0.5) is 0 Å². The van der Waals surface area contributed by atoms with E-state index in [0.29, 0.717) is 13.0 Å². The predicted octanol–water partition coefficient (Wildman–Crippen LogP) is 7.74. The Morgan fingerprint density at radius 1 is 0.760 bits per heavy atom. The van der Waals surface area contributed by atoms with E-state index in [-0.39, 0.29) is 5.97 Å². The fourth-order valence-electron chi connectivity index (χ4n) is 2.83. The van der Waals surface area contributed by atoms with Gasteiger partial charge in [0.2, 0.25) is 0 Å². The molecule has 0 fully saturated rings. The summed E-state index contributed by atoms with van der Waals surface area (Å²) in [7, 11) is 0. The third-order valence-electron chi connectivity index (χ3n) is 4.43. The van der Waals surface area contributed by atoms with E-state index in [1.807, 2.05) is 0 Å². The third-order valence-corrected chi connectivity index (χ3v) is 4.99.